The Morgan fingerprint density at radius 1 is 0.950 bits per heavy atom. The van der Waals surface area contributed by atoms with Crippen LogP contribution in [0.3, 0.4) is 0 Å². The second-order valence-corrected chi connectivity index (χ2v) is 5.71. The van der Waals surface area contributed by atoms with Crippen molar-refractivity contribution < 1.29 is 19.8 Å². The summed E-state index contributed by atoms with van der Waals surface area (Å²) in [6.45, 7) is 9.81. The van der Waals surface area contributed by atoms with Gasteiger partial charge in [-0.15, -0.1) is 0 Å². The molecule has 2 aliphatic rings. The Balaban J connectivity index is 0.000000286. The molecule has 1 heterocycles. The third-order valence-corrected chi connectivity index (χ3v) is 4.10. The summed E-state index contributed by atoms with van der Waals surface area (Å²) in [4.78, 5) is 23.5. The number of rotatable bonds is 2. The Morgan fingerprint density at radius 2 is 1.40 bits per heavy atom. The number of carboxylic acids is 2. The molecule has 6 heteroatoms. The van der Waals surface area contributed by atoms with Crippen LogP contribution in [0, 0.1) is 0 Å². The fraction of sp³-hybridized carbons (Fsp3) is 0.857. The van der Waals surface area contributed by atoms with E-state index in [9.17, 15) is 0 Å². The summed E-state index contributed by atoms with van der Waals surface area (Å²) in [6.07, 6.45) is 5.85. The summed E-state index contributed by atoms with van der Waals surface area (Å²) in [6, 6.07) is 1.67. The topological polar surface area (TPSA) is 81.1 Å². The first kappa shape index (κ1) is 16.9. The van der Waals surface area contributed by atoms with Gasteiger partial charge in [0.05, 0.1) is 0 Å². The molecule has 0 amide bonds. The number of nitrogens with zero attached hydrogens (tertiary/aromatic N) is 2. The molecule has 0 spiro atoms. The maximum absolute atomic E-state index is 9.10. The third kappa shape index (κ3) is 5.46. The van der Waals surface area contributed by atoms with Gasteiger partial charge in [-0.1, -0.05) is 12.8 Å². The molecule has 1 aliphatic heterocycles. The minimum absolute atomic E-state index is 0.737. The highest BCUT2D eigenvalue weighted by Gasteiger charge is 2.26. The Kier molecular flexibility index (Phi) is 6.95. The Bertz CT molecular complexity index is 307. The molecule has 0 bridgehead atoms. The van der Waals surface area contributed by atoms with Gasteiger partial charge in [-0.3, -0.25) is 9.80 Å². The smallest absolute Gasteiger partial charge is 0.414 e. The number of hydrogen-bond acceptors (Lipinski definition) is 4. The van der Waals surface area contributed by atoms with Gasteiger partial charge in [-0.25, -0.2) is 9.59 Å². The lowest BCUT2D eigenvalue weighted by atomic mass is 10.1. The van der Waals surface area contributed by atoms with Gasteiger partial charge in [-0.05, 0) is 26.7 Å². The molecule has 6 nitrogen and oxygen atoms in total. The minimum Gasteiger partial charge on any atom is -0.473 e. The molecular formula is C14H26N2O4. The molecule has 0 aromatic rings. The fourth-order valence-corrected chi connectivity index (χ4v) is 2.89. The second-order valence-electron chi connectivity index (χ2n) is 5.71. The Labute approximate surface area is 120 Å². The first-order valence-electron chi connectivity index (χ1n) is 7.36. The standard InChI is InChI=1S/C12H24N2.C2H2O4/c1-11(2)13-7-9-14(10-8-13)12-5-3-4-6-12;3-1(4)2(5)6/h11-12H,3-10H2,1-2H3;(H,3,4)(H,5,6). The van der Waals surface area contributed by atoms with Gasteiger partial charge in [-0.2, -0.15) is 0 Å². The van der Waals surface area contributed by atoms with Crippen molar-refractivity contribution in [2.75, 3.05) is 26.2 Å². The lowest BCUT2D eigenvalue weighted by Crippen LogP contribution is -2.51. The highest BCUT2D eigenvalue weighted by Crippen LogP contribution is 2.24. The van der Waals surface area contributed by atoms with Crippen molar-refractivity contribution in [3.63, 3.8) is 0 Å². The summed E-state index contributed by atoms with van der Waals surface area (Å²) >= 11 is 0. The van der Waals surface area contributed by atoms with Crippen molar-refractivity contribution in [2.45, 2.75) is 51.6 Å². The molecule has 2 N–H and O–H groups in total. The molecule has 1 saturated heterocycles. The van der Waals surface area contributed by atoms with Crippen molar-refractivity contribution >= 4 is 11.9 Å². The van der Waals surface area contributed by atoms with E-state index in [0.717, 1.165) is 12.1 Å². The van der Waals surface area contributed by atoms with Crippen molar-refractivity contribution in [3.05, 3.63) is 0 Å². The number of piperazine rings is 1. The maximum Gasteiger partial charge on any atom is 0.414 e. The van der Waals surface area contributed by atoms with E-state index in [2.05, 4.69) is 23.6 Å². The van der Waals surface area contributed by atoms with Crippen LogP contribution in [0.1, 0.15) is 39.5 Å². The Hall–Kier alpha value is -1.14. The molecule has 0 atom stereocenters. The summed E-state index contributed by atoms with van der Waals surface area (Å²) in [5.74, 6) is -3.65. The van der Waals surface area contributed by atoms with Gasteiger partial charge in [0, 0.05) is 38.3 Å². The SMILES string of the molecule is CC(C)N1CCN(C2CCCC2)CC1.O=C(O)C(=O)O. The molecule has 1 saturated carbocycles. The molecule has 20 heavy (non-hydrogen) atoms. The molecule has 0 radical (unpaired) electrons. The number of hydrogen-bond donors (Lipinski definition) is 2. The van der Waals surface area contributed by atoms with Crippen LogP contribution < -0.4 is 0 Å². The number of aliphatic carboxylic acids is 2. The molecule has 1 aliphatic carbocycles. The van der Waals surface area contributed by atoms with Crippen LogP contribution in [0.4, 0.5) is 0 Å². The average Bonchev–Trinajstić information content (AvgIpc) is 2.93. The van der Waals surface area contributed by atoms with Crippen molar-refractivity contribution in [1.29, 1.82) is 0 Å². The largest absolute Gasteiger partial charge is 0.473 e. The monoisotopic (exact) mass is 286 g/mol. The summed E-state index contributed by atoms with van der Waals surface area (Å²) in [5, 5.41) is 14.8. The summed E-state index contributed by atoms with van der Waals surface area (Å²) in [5.41, 5.74) is 0. The van der Waals surface area contributed by atoms with Crippen LogP contribution in [0.2, 0.25) is 0 Å². The normalized spacial score (nSPS) is 21.6. The van der Waals surface area contributed by atoms with E-state index >= 15 is 0 Å². The molecule has 2 rings (SSSR count). The molecule has 2 fully saturated rings. The highest BCUT2D eigenvalue weighted by molar-refractivity contribution is 6.27. The van der Waals surface area contributed by atoms with Crippen LogP contribution in [0.5, 0.6) is 0 Å². The maximum atomic E-state index is 9.10. The van der Waals surface area contributed by atoms with E-state index in [1.54, 1.807) is 0 Å². The van der Waals surface area contributed by atoms with Crippen LogP contribution >= 0.6 is 0 Å². The quantitative estimate of drug-likeness (QED) is 0.740. The first-order valence-corrected chi connectivity index (χ1v) is 7.36. The van der Waals surface area contributed by atoms with Gasteiger partial charge in [0.1, 0.15) is 0 Å². The lowest BCUT2D eigenvalue weighted by Gasteiger charge is -2.39. The second kappa shape index (κ2) is 8.21. The van der Waals surface area contributed by atoms with Gasteiger partial charge in [0.2, 0.25) is 0 Å². The van der Waals surface area contributed by atoms with E-state index in [4.69, 9.17) is 19.8 Å². The summed E-state index contributed by atoms with van der Waals surface area (Å²) in [7, 11) is 0. The average molecular weight is 286 g/mol. The minimum atomic E-state index is -1.82. The zero-order valence-corrected chi connectivity index (χ0v) is 12.4. The van der Waals surface area contributed by atoms with Crippen LogP contribution in [-0.2, 0) is 9.59 Å². The van der Waals surface area contributed by atoms with Gasteiger partial charge in [0.15, 0.2) is 0 Å². The van der Waals surface area contributed by atoms with Crippen LogP contribution in [-0.4, -0.2) is 70.2 Å². The zero-order valence-electron chi connectivity index (χ0n) is 12.4. The summed E-state index contributed by atoms with van der Waals surface area (Å²) < 4.78 is 0. The molecule has 0 aromatic heterocycles. The predicted molar refractivity (Wildman–Crippen MR) is 75.8 cm³/mol. The Morgan fingerprint density at radius 3 is 1.75 bits per heavy atom. The van der Waals surface area contributed by atoms with Crippen LogP contribution in [0.15, 0.2) is 0 Å². The number of carbonyl (C=O) groups is 2. The van der Waals surface area contributed by atoms with Gasteiger partial charge >= 0.3 is 11.9 Å². The van der Waals surface area contributed by atoms with E-state index in [1.165, 1.54) is 51.9 Å². The van der Waals surface area contributed by atoms with E-state index < -0.39 is 11.9 Å². The van der Waals surface area contributed by atoms with Gasteiger partial charge < -0.3 is 10.2 Å². The van der Waals surface area contributed by atoms with E-state index in [-0.39, 0.29) is 0 Å². The van der Waals surface area contributed by atoms with E-state index in [1.807, 2.05) is 0 Å². The predicted octanol–water partition coefficient (Wildman–Crippen LogP) is 1.11. The van der Waals surface area contributed by atoms with Crippen molar-refractivity contribution in [1.82, 2.24) is 9.80 Å². The third-order valence-electron chi connectivity index (χ3n) is 4.10. The molecular weight excluding hydrogens is 260 g/mol. The lowest BCUT2D eigenvalue weighted by molar-refractivity contribution is -0.159. The zero-order chi connectivity index (χ0) is 15.1. The highest BCUT2D eigenvalue weighted by atomic mass is 16.4. The van der Waals surface area contributed by atoms with Gasteiger partial charge in [0.25, 0.3) is 0 Å². The first-order chi connectivity index (χ1) is 9.41. The molecule has 0 unspecified atom stereocenters. The molecule has 0 aromatic carbocycles. The van der Waals surface area contributed by atoms with Crippen molar-refractivity contribution in [2.24, 2.45) is 0 Å². The van der Waals surface area contributed by atoms with Crippen molar-refractivity contribution in [3.8, 4) is 0 Å². The fourth-order valence-electron chi connectivity index (χ4n) is 2.89. The molecule has 116 valence electrons. The number of carboxylic acid groups (broad SMARTS) is 2. The van der Waals surface area contributed by atoms with Crippen LogP contribution in [0.25, 0.3) is 0 Å². The van der Waals surface area contributed by atoms with E-state index in [0.29, 0.717) is 0 Å².